The van der Waals surface area contributed by atoms with Gasteiger partial charge in [-0.15, -0.1) is 11.3 Å². The van der Waals surface area contributed by atoms with E-state index in [-0.39, 0.29) is 6.04 Å². The second kappa shape index (κ2) is 6.56. The molecule has 2 aromatic rings. The molecular formula is C16H20ClNS. The van der Waals surface area contributed by atoms with Crippen LogP contribution in [-0.4, -0.2) is 7.05 Å². The Hall–Kier alpha value is -0.830. The SMILES string of the molecule is CCc1ccc(C(NC)c2ccc(Cl)s2)cc1CC. The van der Waals surface area contributed by atoms with Crippen LogP contribution in [-0.2, 0) is 12.8 Å². The molecule has 102 valence electrons. The predicted molar refractivity (Wildman–Crippen MR) is 85.4 cm³/mol. The highest BCUT2D eigenvalue weighted by molar-refractivity contribution is 7.16. The summed E-state index contributed by atoms with van der Waals surface area (Å²) in [6.07, 6.45) is 2.18. The van der Waals surface area contributed by atoms with E-state index in [0.717, 1.165) is 17.2 Å². The maximum atomic E-state index is 6.05. The number of hydrogen-bond donors (Lipinski definition) is 1. The van der Waals surface area contributed by atoms with Gasteiger partial charge in [0.1, 0.15) is 0 Å². The van der Waals surface area contributed by atoms with E-state index in [1.165, 1.54) is 21.6 Å². The Morgan fingerprint density at radius 2 is 1.84 bits per heavy atom. The molecule has 1 unspecified atom stereocenters. The Morgan fingerprint density at radius 1 is 1.11 bits per heavy atom. The Bertz CT molecular complexity index is 547. The van der Waals surface area contributed by atoms with Crippen molar-refractivity contribution < 1.29 is 0 Å². The topological polar surface area (TPSA) is 12.0 Å². The molecule has 1 atom stereocenters. The molecule has 0 saturated heterocycles. The van der Waals surface area contributed by atoms with Gasteiger partial charge in [0.15, 0.2) is 0 Å². The molecule has 0 aliphatic rings. The summed E-state index contributed by atoms with van der Waals surface area (Å²) in [7, 11) is 2.00. The molecule has 0 fully saturated rings. The van der Waals surface area contributed by atoms with Crippen LogP contribution >= 0.6 is 22.9 Å². The molecule has 1 nitrogen and oxygen atoms in total. The van der Waals surface area contributed by atoms with Crippen LogP contribution in [0.1, 0.15) is 41.5 Å². The zero-order valence-electron chi connectivity index (χ0n) is 11.7. The third-order valence-corrected chi connectivity index (χ3v) is 4.79. The van der Waals surface area contributed by atoms with Gasteiger partial charge < -0.3 is 5.32 Å². The summed E-state index contributed by atoms with van der Waals surface area (Å²) in [6.45, 7) is 4.43. The lowest BCUT2D eigenvalue weighted by molar-refractivity contribution is 0.702. The average Bonchev–Trinajstić information content (AvgIpc) is 2.86. The van der Waals surface area contributed by atoms with E-state index in [2.05, 4.69) is 43.4 Å². The number of aryl methyl sites for hydroxylation is 2. The fourth-order valence-corrected chi connectivity index (χ4v) is 3.66. The first-order valence-corrected chi connectivity index (χ1v) is 7.93. The number of thiophene rings is 1. The van der Waals surface area contributed by atoms with E-state index in [9.17, 15) is 0 Å². The maximum absolute atomic E-state index is 6.05. The van der Waals surface area contributed by atoms with E-state index in [0.29, 0.717) is 0 Å². The summed E-state index contributed by atoms with van der Waals surface area (Å²) in [5.74, 6) is 0. The first-order chi connectivity index (χ1) is 9.19. The van der Waals surface area contributed by atoms with Gasteiger partial charge in [0.25, 0.3) is 0 Å². The van der Waals surface area contributed by atoms with Crippen LogP contribution in [0, 0.1) is 0 Å². The van der Waals surface area contributed by atoms with Crippen molar-refractivity contribution in [1.29, 1.82) is 0 Å². The largest absolute Gasteiger partial charge is 0.309 e. The Morgan fingerprint density at radius 3 is 2.37 bits per heavy atom. The number of nitrogens with one attached hydrogen (secondary N) is 1. The molecule has 3 heteroatoms. The van der Waals surface area contributed by atoms with Crippen LogP contribution in [0.3, 0.4) is 0 Å². The van der Waals surface area contributed by atoms with Crippen molar-refractivity contribution in [1.82, 2.24) is 5.32 Å². The number of benzene rings is 1. The summed E-state index contributed by atoms with van der Waals surface area (Å²) < 4.78 is 0.844. The van der Waals surface area contributed by atoms with Gasteiger partial charge in [-0.3, -0.25) is 0 Å². The van der Waals surface area contributed by atoms with Crippen molar-refractivity contribution in [3.63, 3.8) is 0 Å². The Labute approximate surface area is 124 Å². The highest BCUT2D eigenvalue weighted by Crippen LogP contribution is 2.31. The molecule has 1 aromatic carbocycles. The molecule has 1 aromatic heterocycles. The Kier molecular flexibility index (Phi) is 5.03. The second-order valence-electron chi connectivity index (χ2n) is 4.60. The average molecular weight is 294 g/mol. The van der Waals surface area contributed by atoms with Crippen molar-refractivity contribution >= 4 is 22.9 Å². The van der Waals surface area contributed by atoms with Crippen LogP contribution in [0.4, 0.5) is 0 Å². The molecule has 0 saturated carbocycles. The van der Waals surface area contributed by atoms with E-state index >= 15 is 0 Å². The summed E-state index contributed by atoms with van der Waals surface area (Å²) in [6, 6.07) is 11.1. The maximum Gasteiger partial charge on any atom is 0.0931 e. The smallest absolute Gasteiger partial charge is 0.0931 e. The van der Waals surface area contributed by atoms with Gasteiger partial charge >= 0.3 is 0 Å². The number of halogens is 1. The standard InChI is InChI=1S/C16H20ClNS/c1-4-11-6-7-13(10-12(11)5-2)16(18-3)14-8-9-15(17)19-14/h6-10,16,18H,4-5H2,1-3H3. The van der Waals surface area contributed by atoms with Gasteiger partial charge in [0.2, 0.25) is 0 Å². The van der Waals surface area contributed by atoms with E-state index in [4.69, 9.17) is 11.6 Å². The van der Waals surface area contributed by atoms with Gasteiger partial charge in [-0.05, 0) is 48.7 Å². The van der Waals surface area contributed by atoms with Crippen LogP contribution in [0.15, 0.2) is 30.3 Å². The fourth-order valence-electron chi connectivity index (χ4n) is 2.46. The van der Waals surface area contributed by atoms with E-state index in [1.807, 2.05) is 13.1 Å². The molecule has 1 heterocycles. The quantitative estimate of drug-likeness (QED) is 0.832. The minimum Gasteiger partial charge on any atom is -0.309 e. The predicted octanol–water partition coefficient (Wildman–Crippen LogP) is 4.84. The van der Waals surface area contributed by atoms with Crippen molar-refractivity contribution in [3.8, 4) is 0 Å². The van der Waals surface area contributed by atoms with Crippen LogP contribution in [0.25, 0.3) is 0 Å². The van der Waals surface area contributed by atoms with Gasteiger partial charge in [-0.2, -0.15) is 0 Å². The zero-order valence-corrected chi connectivity index (χ0v) is 13.2. The van der Waals surface area contributed by atoms with Crippen molar-refractivity contribution in [2.24, 2.45) is 0 Å². The first-order valence-electron chi connectivity index (χ1n) is 6.73. The zero-order chi connectivity index (χ0) is 13.8. The molecule has 0 bridgehead atoms. The Balaban J connectivity index is 2.38. The third kappa shape index (κ3) is 3.19. The van der Waals surface area contributed by atoms with Gasteiger partial charge in [-0.25, -0.2) is 0 Å². The molecule has 0 radical (unpaired) electrons. The van der Waals surface area contributed by atoms with E-state index in [1.54, 1.807) is 11.3 Å². The first kappa shape index (κ1) is 14.6. The normalized spacial score (nSPS) is 12.6. The minimum atomic E-state index is 0.230. The van der Waals surface area contributed by atoms with Crippen molar-refractivity contribution in [3.05, 3.63) is 56.2 Å². The summed E-state index contributed by atoms with van der Waals surface area (Å²) in [4.78, 5) is 1.26. The monoisotopic (exact) mass is 293 g/mol. The molecule has 0 aliphatic heterocycles. The molecule has 2 rings (SSSR count). The van der Waals surface area contributed by atoms with E-state index < -0.39 is 0 Å². The van der Waals surface area contributed by atoms with Gasteiger partial charge in [-0.1, -0.05) is 43.6 Å². The summed E-state index contributed by atoms with van der Waals surface area (Å²) in [5.41, 5.74) is 4.21. The number of rotatable bonds is 5. The number of hydrogen-bond acceptors (Lipinski definition) is 2. The van der Waals surface area contributed by atoms with Crippen LogP contribution in [0.5, 0.6) is 0 Å². The lowest BCUT2D eigenvalue weighted by Gasteiger charge is -2.17. The molecule has 0 amide bonds. The summed E-state index contributed by atoms with van der Waals surface area (Å²) in [5, 5.41) is 3.39. The molecule has 0 aliphatic carbocycles. The molecular weight excluding hydrogens is 274 g/mol. The molecule has 19 heavy (non-hydrogen) atoms. The highest BCUT2D eigenvalue weighted by Gasteiger charge is 2.15. The van der Waals surface area contributed by atoms with Gasteiger partial charge in [0, 0.05) is 4.88 Å². The van der Waals surface area contributed by atoms with Crippen LogP contribution in [0.2, 0.25) is 4.34 Å². The van der Waals surface area contributed by atoms with Crippen molar-refractivity contribution in [2.75, 3.05) is 7.05 Å². The fraction of sp³-hybridized carbons (Fsp3) is 0.375. The second-order valence-corrected chi connectivity index (χ2v) is 6.35. The lowest BCUT2D eigenvalue weighted by atomic mass is 9.96. The summed E-state index contributed by atoms with van der Waals surface area (Å²) >= 11 is 7.69. The van der Waals surface area contributed by atoms with Crippen molar-refractivity contribution in [2.45, 2.75) is 32.7 Å². The third-order valence-electron chi connectivity index (χ3n) is 3.49. The lowest BCUT2D eigenvalue weighted by Crippen LogP contribution is -2.16. The molecule has 0 spiro atoms. The highest BCUT2D eigenvalue weighted by atomic mass is 35.5. The minimum absolute atomic E-state index is 0.230. The molecule has 1 N–H and O–H groups in total. The van der Waals surface area contributed by atoms with Gasteiger partial charge in [0.05, 0.1) is 10.4 Å². The van der Waals surface area contributed by atoms with Crippen LogP contribution < -0.4 is 5.32 Å².